The van der Waals surface area contributed by atoms with Gasteiger partial charge < -0.3 is 10.2 Å². The van der Waals surface area contributed by atoms with Gasteiger partial charge in [0.15, 0.2) is 0 Å². The highest BCUT2D eigenvalue weighted by atomic mass is 35.5. The molecule has 1 aliphatic heterocycles. The molecule has 0 bridgehead atoms. The topological polar surface area (TPSA) is 32.3 Å². The maximum atomic E-state index is 12.9. The summed E-state index contributed by atoms with van der Waals surface area (Å²) in [6.07, 6.45) is 2.18. The van der Waals surface area contributed by atoms with Crippen LogP contribution in [0.5, 0.6) is 0 Å². The summed E-state index contributed by atoms with van der Waals surface area (Å²) in [4.78, 5) is 14.9. The highest BCUT2D eigenvalue weighted by Crippen LogP contribution is 2.29. The van der Waals surface area contributed by atoms with Gasteiger partial charge in [0.2, 0.25) is 5.91 Å². The summed E-state index contributed by atoms with van der Waals surface area (Å²) >= 11 is 6.08. The Balaban J connectivity index is 0.00000264. The lowest BCUT2D eigenvalue weighted by molar-refractivity contribution is -0.137. The first-order chi connectivity index (χ1) is 10.4. The Hall–Kier alpha value is -0.770. The first-order valence-electron chi connectivity index (χ1n) is 8.21. The zero-order valence-corrected chi connectivity index (χ0v) is 15.8. The van der Waals surface area contributed by atoms with Crippen molar-refractivity contribution in [3.63, 3.8) is 0 Å². The third-order valence-corrected chi connectivity index (χ3v) is 4.90. The van der Waals surface area contributed by atoms with Gasteiger partial charge in [-0.05, 0) is 63.4 Å². The molecule has 23 heavy (non-hydrogen) atoms. The second-order valence-electron chi connectivity index (χ2n) is 6.68. The number of rotatable bonds is 5. The van der Waals surface area contributed by atoms with E-state index in [1.54, 1.807) is 0 Å². The van der Waals surface area contributed by atoms with E-state index in [9.17, 15) is 4.79 Å². The van der Waals surface area contributed by atoms with Gasteiger partial charge in [-0.15, -0.1) is 12.4 Å². The maximum absolute atomic E-state index is 12.9. The smallest absolute Gasteiger partial charge is 0.232 e. The minimum Gasteiger partial charge on any atom is -0.342 e. The van der Waals surface area contributed by atoms with E-state index in [4.69, 9.17) is 11.6 Å². The SMILES string of the molecule is CCNCC1CCN(C(=O)C(C)(C)c2cccc(Cl)c2)CC1.Cl. The Kier molecular flexibility index (Phi) is 7.85. The summed E-state index contributed by atoms with van der Waals surface area (Å²) in [5.74, 6) is 0.898. The number of nitrogens with zero attached hydrogens (tertiary/aromatic N) is 1. The number of likely N-dealkylation sites (tertiary alicyclic amines) is 1. The van der Waals surface area contributed by atoms with Crippen LogP contribution in [-0.4, -0.2) is 37.0 Å². The monoisotopic (exact) mass is 358 g/mol. The van der Waals surface area contributed by atoms with E-state index >= 15 is 0 Å². The van der Waals surface area contributed by atoms with Crippen LogP contribution in [0.15, 0.2) is 24.3 Å². The maximum Gasteiger partial charge on any atom is 0.232 e. The number of amides is 1. The van der Waals surface area contributed by atoms with Crippen molar-refractivity contribution in [3.8, 4) is 0 Å². The minimum absolute atomic E-state index is 0. The van der Waals surface area contributed by atoms with Crippen LogP contribution in [0.4, 0.5) is 0 Å². The summed E-state index contributed by atoms with van der Waals surface area (Å²) in [5, 5.41) is 4.09. The molecule has 2 rings (SSSR count). The van der Waals surface area contributed by atoms with Gasteiger partial charge in [-0.3, -0.25) is 4.79 Å². The normalized spacial score (nSPS) is 16.1. The Morgan fingerprint density at radius 3 is 2.57 bits per heavy atom. The van der Waals surface area contributed by atoms with Crippen LogP contribution in [0, 0.1) is 5.92 Å². The molecule has 1 aromatic rings. The molecule has 0 radical (unpaired) electrons. The van der Waals surface area contributed by atoms with Crippen molar-refractivity contribution >= 4 is 29.9 Å². The predicted octanol–water partition coefficient (Wildman–Crippen LogP) is 3.89. The van der Waals surface area contributed by atoms with Crippen molar-refractivity contribution < 1.29 is 4.79 Å². The summed E-state index contributed by atoms with van der Waals surface area (Å²) < 4.78 is 0. The Morgan fingerprint density at radius 2 is 2.00 bits per heavy atom. The third kappa shape index (κ3) is 5.10. The zero-order valence-electron chi connectivity index (χ0n) is 14.3. The number of piperidine rings is 1. The fraction of sp³-hybridized carbons (Fsp3) is 0.611. The van der Waals surface area contributed by atoms with Crippen LogP contribution in [0.1, 0.15) is 39.2 Å². The number of halogens is 2. The summed E-state index contributed by atoms with van der Waals surface area (Å²) in [7, 11) is 0. The summed E-state index contributed by atoms with van der Waals surface area (Å²) in [5.41, 5.74) is 0.458. The molecule has 0 unspecified atom stereocenters. The number of carbonyl (C=O) groups is 1. The van der Waals surface area contributed by atoms with Crippen LogP contribution in [0.3, 0.4) is 0 Å². The van der Waals surface area contributed by atoms with Gasteiger partial charge in [0.25, 0.3) is 0 Å². The van der Waals surface area contributed by atoms with Gasteiger partial charge in [-0.2, -0.15) is 0 Å². The molecule has 1 amide bonds. The minimum atomic E-state index is -0.528. The number of nitrogens with one attached hydrogen (secondary N) is 1. The van der Waals surface area contributed by atoms with Gasteiger partial charge >= 0.3 is 0 Å². The number of benzene rings is 1. The molecule has 1 aromatic carbocycles. The molecule has 1 saturated heterocycles. The molecular weight excluding hydrogens is 331 g/mol. The molecule has 1 heterocycles. The Bertz CT molecular complexity index is 511. The molecule has 1 fully saturated rings. The number of carbonyl (C=O) groups excluding carboxylic acids is 1. The summed E-state index contributed by atoms with van der Waals surface area (Å²) in [6, 6.07) is 7.65. The average Bonchev–Trinajstić information content (AvgIpc) is 2.52. The average molecular weight is 359 g/mol. The van der Waals surface area contributed by atoms with E-state index in [0.717, 1.165) is 44.6 Å². The lowest BCUT2D eigenvalue weighted by atomic mass is 9.82. The second kappa shape index (κ2) is 8.91. The lowest BCUT2D eigenvalue weighted by Crippen LogP contribution is -2.47. The number of hydrogen-bond donors (Lipinski definition) is 1. The van der Waals surface area contributed by atoms with Gasteiger partial charge in [-0.25, -0.2) is 0 Å². The second-order valence-corrected chi connectivity index (χ2v) is 7.12. The molecule has 0 saturated carbocycles. The van der Waals surface area contributed by atoms with E-state index in [1.165, 1.54) is 0 Å². The number of hydrogen-bond acceptors (Lipinski definition) is 2. The van der Waals surface area contributed by atoms with E-state index in [0.29, 0.717) is 10.9 Å². The molecule has 1 N–H and O–H groups in total. The molecule has 0 spiro atoms. The van der Waals surface area contributed by atoms with Crippen LogP contribution in [-0.2, 0) is 10.2 Å². The van der Waals surface area contributed by atoms with E-state index in [-0.39, 0.29) is 18.3 Å². The molecule has 0 aromatic heterocycles. The van der Waals surface area contributed by atoms with Crippen molar-refractivity contribution in [3.05, 3.63) is 34.9 Å². The largest absolute Gasteiger partial charge is 0.342 e. The zero-order chi connectivity index (χ0) is 16.2. The Labute approximate surface area is 151 Å². The van der Waals surface area contributed by atoms with E-state index in [2.05, 4.69) is 12.2 Å². The fourth-order valence-electron chi connectivity index (χ4n) is 3.08. The van der Waals surface area contributed by atoms with Gasteiger partial charge in [-0.1, -0.05) is 30.7 Å². The molecule has 0 aliphatic carbocycles. The quantitative estimate of drug-likeness (QED) is 0.865. The third-order valence-electron chi connectivity index (χ3n) is 4.67. The summed E-state index contributed by atoms with van der Waals surface area (Å²) in [6.45, 7) is 9.92. The van der Waals surface area contributed by atoms with Crippen molar-refractivity contribution in [1.82, 2.24) is 10.2 Å². The van der Waals surface area contributed by atoms with Gasteiger partial charge in [0.05, 0.1) is 5.41 Å². The van der Waals surface area contributed by atoms with Crippen LogP contribution in [0.25, 0.3) is 0 Å². The highest BCUT2D eigenvalue weighted by Gasteiger charge is 2.35. The van der Waals surface area contributed by atoms with Crippen molar-refractivity contribution in [2.75, 3.05) is 26.2 Å². The molecule has 5 heteroatoms. The molecule has 3 nitrogen and oxygen atoms in total. The molecular formula is C18H28Cl2N2O. The van der Waals surface area contributed by atoms with Crippen molar-refractivity contribution in [1.29, 1.82) is 0 Å². The first kappa shape index (κ1) is 20.3. The van der Waals surface area contributed by atoms with Gasteiger partial charge in [0.1, 0.15) is 0 Å². The van der Waals surface area contributed by atoms with Crippen molar-refractivity contribution in [2.24, 2.45) is 5.92 Å². The van der Waals surface area contributed by atoms with Crippen molar-refractivity contribution in [2.45, 2.75) is 39.0 Å². The first-order valence-corrected chi connectivity index (χ1v) is 8.59. The standard InChI is InChI=1S/C18H27ClN2O.ClH/c1-4-20-13-14-8-10-21(11-9-14)17(22)18(2,3)15-6-5-7-16(19)12-15;/h5-7,12,14,20H,4,8-11,13H2,1-3H3;1H. The fourth-order valence-corrected chi connectivity index (χ4v) is 3.27. The predicted molar refractivity (Wildman–Crippen MR) is 99.6 cm³/mol. The van der Waals surface area contributed by atoms with Crippen LogP contribution in [0.2, 0.25) is 5.02 Å². The lowest BCUT2D eigenvalue weighted by Gasteiger charge is -2.37. The molecule has 1 aliphatic rings. The Morgan fingerprint density at radius 1 is 1.35 bits per heavy atom. The van der Waals surface area contributed by atoms with Gasteiger partial charge in [0, 0.05) is 18.1 Å². The molecule has 0 atom stereocenters. The van der Waals surface area contributed by atoms with E-state index in [1.807, 2.05) is 43.0 Å². The van der Waals surface area contributed by atoms with E-state index < -0.39 is 5.41 Å². The van der Waals surface area contributed by atoms with Crippen LogP contribution < -0.4 is 5.32 Å². The highest BCUT2D eigenvalue weighted by molar-refractivity contribution is 6.30. The molecule has 130 valence electrons. The van der Waals surface area contributed by atoms with Crippen LogP contribution >= 0.6 is 24.0 Å².